The van der Waals surface area contributed by atoms with Gasteiger partial charge in [0.05, 0.1) is 5.56 Å². The van der Waals surface area contributed by atoms with Gasteiger partial charge in [-0.25, -0.2) is 0 Å². The lowest BCUT2D eigenvalue weighted by Gasteiger charge is -2.17. The summed E-state index contributed by atoms with van der Waals surface area (Å²) in [5.74, 6) is -0.743. The fourth-order valence-electron chi connectivity index (χ4n) is 3.94. The number of carbonyl (C=O) groups is 1. The maximum absolute atomic E-state index is 14.0. The molecule has 0 fully saturated rings. The molecule has 9 heteroatoms. The Balaban J connectivity index is 1.61. The van der Waals surface area contributed by atoms with Crippen molar-refractivity contribution in [3.8, 4) is 34.0 Å². The van der Waals surface area contributed by atoms with Crippen LogP contribution in [-0.4, -0.2) is 27.3 Å². The van der Waals surface area contributed by atoms with Gasteiger partial charge in [0, 0.05) is 17.2 Å². The normalized spacial score (nSPS) is 13.4. The van der Waals surface area contributed by atoms with Crippen molar-refractivity contribution >= 4 is 5.97 Å². The number of alkyl halides is 3. The number of aryl methyl sites for hydroxylation is 1. The molecule has 0 aliphatic heterocycles. The number of benzene rings is 3. The van der Waals surface area contributed by atoms with Gasteiger partial charge in [-0.05, 0) is 55.2 Å². The molecule has 1 aromatic heterocycles. The predicted octanol–water partition coefficient (Wildman–Crippen LogP) is 6.52. The summed E-state index contributed by atoms with van der Waals surface area (Å²) in [4.78, 5) is 15.4. The molecule has 0 aliphatic carbocycles. The third kappa shape index (κ3) is 5.31. The fraction of sp³-hybridized carbons (Fsp3) is 0.222. The molecule has 4 rings (SSSR count). The lowest BCUT2D eigenvalue weighted by Crippen LogP contribution is -2.35. The first-order valence-corrected chi connectivity index (χ1v) is 11.2. The summed E-state index contributed by atoms with van der Waals surface area (Å²) >= 11 is 0. The molecular weight excluding hydrogens is 471 g/mol. The number of nitrogens with one attached hydrogen (secondary N) is 1. The summed E-state index contributed by atoms with van der Waals surface area (Å²) in [6.07, 6.45) is -4.57. The van der Waals surface area contributed by atoms with Crippen molar-refractivity contribution in [3.63, 3.8) is 0 Å². The Kier molecular flexibility index (Phi) is 6.94. The van der Waals surface area contributed by atoms with Gasteiger partial charge in [0.1, 0.15) is 6.04 Å². The van der Waals surface area contributed by atoms with E-state index in [0.29, 0.717) is 11.1 Å². The second-order valence-corrected chi connectivity index (χ2v) is 8.57. The topological polar surface area (TPSA) is 88.2 Å². The van der Waals surface area contributed by atoms with Crippen molar-refractivity contribution in [1.82, 2.24) is 15.5 Å². The highest BCUT2D eigenvalue weighted by molar-refractivity contribution is 5.75. The average Bonchev–Trinajstić information content (AvgIpc) is 3.34. The Morgan fingerprint density at radius 3 is 2.28 bits per heavy atom. The van der Waals surface area contributed by atoms with Crippen LogP contribution < -0.4 is 5.32 Å². The highest BCUT2D eigenvalue weighted by Gasteiger charge is 2.34. The lowest BCUT2D eigenvalue weighted by molar-refractivity contribution is -0.139. The Morgan fingerprint density at radius 1 is 0.972 bits per heavy atom. The van der Waals surface area contributed by atoms with Crippen molar-refractivity contribution in [2.24, 2.45) is 0 Å². The van der Waals surface area contributed by atoms with E-state index in [1.54, 1.807) is 62.4 Å². The third-order valence-corrected chi connectivity index (χ3v) is 5.97. The molecule has 0 saturated heterocycles. The van der Waals surface area contributed by atoms with Crippen LogP contribution in [-0.2, 0) is 11.0 Å². The zero-order valence-electron chi connectivity index (χ0n) is 19.8. The monoisotopic (exact) mass is 495 g/mol. The summed E-state index contributed by atoms with van der Waals surface area (Å²) in [6, 6.07) is 17.1. The minimum Gasteiger partial charge on any atom is -0.480 e. The van der Waals surface area contributed by atoms with Gasteiger partial charge in [-0.1, -0.05) is 59.8 Å². The fourth-order valence-corrected chi connectivity index (χ4v) is 3.94. The molecule has 0 aliphatic rings. The number of carboxylic acid groups (broad SMARTS) is 1. The molecule has 6 nitrogen and oxygen atoms in total. The van der Waals surface area contributed by atoms with Crippen molar-refractivity contribution in [3.05, 3.63) is 83.4 Å². The van der Waals surface area contributed by atoms with E-state index in [-0.39, 0.29) is 28.9 Å². The predicted molar refractivity (Wildman–Crippen MR) is 129 cm³/mol. The smallest absolute Gasteiger partial charge is 0.417 e. The van der Waals surface area contributed by atoms with Crippen molar-refractivity contribution in [2.45, 2.75) is 39.0 Å². The molecule has 1 heterocycles. The number of rotatable bonds is 7. The summed E-state index contributed by atoms with van der Waals surface area (Å²) < 4.78 is 47.2. The summed E-state index contributed by atoms with van der Waals surface area (Å²) in [5, 5.41) is 16.0. The first-order chi connectivity index (χ1) is 17.0. The number of nitrogens with zero attached hydrogens (tertiary/aromatic N) is 2. The first kappa shape index (κ1) is 25.1. The molecule has 0 radical (unpaired) electrons. The molecule has 2 N–H and O–H groups in total. The largest absolute Gasteiger partial charge is 0.480 e. The maximum atomic E-state index is 14.0. The minimum atomic E-state index is -4.57. The van der Waals surface area contributed by atoms with Gasteiger partial charge in [0.15, 0.2) is 0 Å². The standard InChI is InChI=1S/C27H24F3N3O3/c1-15-6-4-5-7-21(15)22-13-12-20(14-23(22)27(28,29)30)25-32-24(33-36-25)19-10-8-18(9-11-19)16(2)31-17(3)26(34)35/h4-14,16-17,31H,1-3H3,(H,34,35)/t16?,17-/m0/s1. The molecular formula is C27H24F3N3O3. The summed E-state index contributed by atoms with van der Waals surface area (Å²) in [6.45, 7) is 5.17. The van der Waals surface area contributed by atoms with Crippen LogP contribution in [0.1, 0.15) is 36.6 Å². The van der Waals surface area contributed by atoms with E-state index in [1.807, 2.05) is 6.92 Å². The number of hydrogen-bond acceptors (Lipinski definition) is 5. The van der Waals surface area contributed by atoms with E-state index < -0.39 is 23.8 Å². The zero-order valence-corrected chi connectivity index (χ0v) is 19.8. The van der Waals surface area contributed by atoms with Crippen LogP contribution in [0.15, 0.2) is 71.3 Å². The van der Waals surface area contributed by atoms with E-state index in [1.165, 1.54) is 12.1 Å². The van der Waals surface area contributed by atoms with E-state index in [9.17, 15) is 18.0 Å². The minimum absolute atomic E-state index is 0.0266. The van der Waals surface area contributed by atoms with E-state index in [4.69, 9.17) is 9.63 Å². The summed E-state index contributed by atoms with van der Waals surface area (Å²) in [5.41, 5.74) is 2.17. The van der Waals surface area contributed by atoms with Crippen molar-refractivity contribution in [1.29, 1.82) is 0 Å². The summed E-state index contributed by atoms with van der Waals surface area (Å²) in [7, 11) is 0. The molecule has 4 aromatic rings. The molecule has 186 valence electrons. The van der Waals surface area contributed by atoms with E-state index in [0.717, 1.165) is 17.2 Å². The molecule has 3 aromatic carbocycles. The van der Waals surface area contributed by atoms with Crippen molar-refractivity contribution < 1.29 is 27.6 Å². The van der Waals surface area contributed by atoms with Gasteiger partial charge < -0.3 is 9.63 Å². The van der Waals surface area contributed by atoms with E-state index in [2.05, 4.69) is 15.5 Å². The van der Waals surface area contributed by atoms with Crippen molar-refractivity contribution in [2.75, 3.05) is 0 Å². The Labute approximate surface area is 205 Å². The molecule has 0 saturated carbocycles. The Hall–Kier alpha value is -3.98. The maximum Gasteiger partial charge on any atom is 0.417 e. The van der Waals surface area contributed by atoms with Gasteiger partial charge in [0.2, 0.25) is 5.82 Å². The average molecular weight is 496 g/mol. The molecule has 0 bridgehead atoms. The molecule has 2 atom stereocenters. The van der Waals surface area contributed by atoms with E-state index >= 15 is 0 Å². The second-order valence-electron chi connectivity index (χ2n) is 8.57. The number of hydrogen-bond donors (Lipinski definition) is 2. The van der Waals surface area contributed by atoms with Gasteiger partial charge in [-0.15, -0.1) is 0 Å². The van der Waals surface area contributed by atoms with Crippen LogP contribution in [0.5, 0.6) is 0 Å². The van der Waals surface area contributed by atoms with Gasteiger partial charge >= 0.3 is 12.1 Å². The number of carboxylic acids is 1. The zero-order chi connectivity index (χ0) is 26.0. The second kappa shape index (κ2) is 9.94. The Bertz CT molecular complexity index is 1380. The number of aliphatic carboxylic acids is 1. The molecule has 0 spiro atoms. The third-order valence-electron chi connectivity index (χ3n) is 5.97. The Morgan fingerprint density at radius 2 is 1.64 bits per heavy atom. The highest BCUT2D eigenvalue weighted by Crippen LogP contribution is 2.40. The highest BCUT2D eigenvalue weighted by atomic mass is 19.4. The van der Waals surface area contributed by atoms with Crippen LogP contribution in [0.4, 0.5) is 13.2 Å². The van der Waals surface area contributed by atoms with Crippen LogP contribution in [0.25, 0.3) is 34.0 Å². The van der Waals surface area contributed by atoms with Gasteiger partial charge in [0.25, 0.3) is 5.89 Å². The first-order valence-electron chi connectivity index (χ1n) is 11.2. The quantitative estimate of drug-likeness (QED) is 0.303. The van der Waals surface area contributed by atoms with Gasteiger partial charge in [-0.3, -0.25) is 10.1 Å². The van der Waals surface area contributed by atoms with Crippen LogP contribution in [0, 0.1) is 6.92 Å². The van der Waals surface area contributed by atoms with Crippen LogP contribution >= 0.6 is 0 Å². The molecule has 1 unspecified atom stereocenters. The number of halogens is 3. The lowest BCUT2D eigenvalue weighted by atomic mass is 9.94. The molecule has 0 amide bonds. The van der Waals surface area contributed by atoms with Crippen LogP contribution in [0.3, 0.4) is 0 Å². The SMILES string of the molecule is Cc1ccccc1-c1ccc(-c2nc(-c3ccc(C(C)N[C@@H](C)C(=O)O)cc3)no2)cc1C(F)(F)F. The van der Waals surface area contributed by atoms with Gasteiger partial charge in [-0.2, -0.15) is 18.2 Å². The number of aromatic nitrogens is 2. The van der Waals surface area contributed by atoms with Crippen LogP contribution in [0.2, 0.25) is 0 Å². The molecule has 36 heavy (non-hydrogen) atoms.